The highest BCUT2D eigenvalue weighted by molar-refractivity contribution is 5.78. The number of benzene rings is 1. The smallest absolute Gasteiger partial charge is 0.236 e. The summed E-state index contributed by atoms with van der Waals surface area (Å²) in [6.07, 6.45) is 1.96. The summed E-state index contributed by atoms with van der Waals surface area (Å²) in [5, 5.41) is 0. The van der Waals surface area contributed by atoms with Crippen LogP contribution in [-0.4, -0.2) is 66.6 Å². The van der Waals surface area contributed by atoms with Crippen molar-refractivity contribution in [1.82, 2.24) is 14.8 Å². The summed E-state index contributed by atoms with van der Waals surface area (Å²) in [5.41, 5.74) is 2.09. The van der Waals surface area contributed by atoms with Gasteiger partial charge in [0, 0.05) is 43.4 Å². The van der Waals surface area contributed by atoms with Gasteiger partial charge in [-0.2, -0.15) is 0 Å². The monoisotopic (exact) mass is 383 g/mol. The molecule has 0 bridgehead atoms. The van der Waals surface area contributed by atoms with Crippen LogP contribution in [0.5, 0.6) is 0 Å². The number of piperidine rings is 1. The molecule has 0 aliphatic carbocycles. The number of carbonyl (C=O) groups excluding carboxylic acids is 1. The summed E-state index contributed by atoms with van der Waals surface area (Å²) >= 11 is 0. The van der Waals surface area contributed by atoms with E-state index >= 15 is 0 Å². The molecule has 2 aromatic rings. The highest BCUT2D eigenvalue weighted by Crippen LogP contribution is 2.28. The molecule has 0 radical (unpaired) electrons. The lowest BCUT2D eigenvalue weighted by Crippen LogP contribution is -2.47. The van der Waals surface area contributed by atoms with Crippen LogP contribution in [-0.2, 0) is 9.53 Å². The molecule has 0 spiro atoms. The first-order valence-electron chi connectivity index (χ1n) is 10.0. The first kappa shape index (κ1) is 19.0. The minimum absolute atomic E-state index is 0.178. The van der Waals surface area contributed by atoms with E-state index in [1.54, 1.807) is 12.1 Å². The molecule has 148 valence electrons. The van der Waals surface area contributed by atoms with Crippen molar-refractivity contribution in [2.45, 2.75) is 18.8 Å². The van der Waals surface area contributed by atoms with Gasteiger partial charge in [0.25, 0.3) is 0 Å². The van der Waals surface area contributed by atoms with Crippen LogP contribution >= 0.6 is 0 Å². The SMILES string of the molecule is O=C(CN1CCOCC1)N1CCC[C@H](c2cccc(-c3ccccc3F)n2)C1. The van der Waals surface area contributed by atoms with E-state index in [9.17, 15) is 9.18 Å². The van der Waals surface area contributed by atoms with E-state index in [0.717, 1.165) is 38.2 Å². The number of carbonyl (C=O) groups is 1. The molecule has 6 heteroatoms. The number of amides is 1. The standard InChI is InChI=1S/C22H26FN3O2/c23-19-7-2-1-6-18(19)21-9-3-8-20(24-21)17-5-4-10-26(15-17)22(27)16-25-11-13-28-14-12-25/h1-3,6-9,17H,4-5,10-16H2/t17-/m0/s1. The Morgan fingerprint density at radius 1 is 1.11 bits per heavy atom. The molecule has 0 N–H and O–H groups in total. The van der Waals surface area contributed by atoms with Crippen molar-refractivity contribution in [3.8, 4) is 11.3 Å². The van der Waals surface area contributed by atoms with Crippen molar-refractivity contribution in [1.29, 1.82) is 0 Å². The molecule has 4 rings (SSSR count). The normalized spacial score (nSPS) is 20.9. The number of morpholine rings is 1. The summed E-state index contributed by atoms with van der Waals surface area (Å²) in [4.78, 5) is 21.6. The third kappa shape index (κ3) is 4.39. The quantitative estimate of drug-likeness (QED) is 0.814. The Kier molecular flexibility index (Phi) is 5.98. The van der Waals surface area contributed by atoms with Gasteiger partial charge in [-0.15, -0.1) is 0 Å². The number of aromatic nitrogens is 1. The third-order valence-electron chi connectivity index (χ3n) is 5.58. The van der Waals surface area contributed by atoms with E-state index in [0.29, 0.717) is 37.6 Å². The van der Waals surface area contributed by atoms with Crippen LogP contribution in [0.1, 0.15) is 24.5 Å². The van der Waals surface area contributed by atoms with Crippen LogP contribution < -0.4 is 0 Å². The lowest BCUT2D eigenvalue weighted by atomic mass is 9.93. The van der Waals surface area contributed by atoms with Crippen molar-refractivity contribution < 1.29 is 13.9 Å². The molecular weight excluding hydrogens is 357 g/mol. The molecule has 0 unspecified atom stereocenters. The highest BCUT2D eigenvalue weighted by atomic mass is 19.1. The van der Waals surface area contributed by atoms with Crippen molar-refractivity contribution >= 4 is 5.91 Å². The zero-order valence-corrected chi connectivity index (χ0v) is 16.0. The van der Waals surface area contributed by atoms with Gasteiger partial charge in [-0.3, -0.25) is 14.7 Å². The Bertz CT molecular complexity index is 823. The molecule has 0 saturated carbocycles. The van der Waals surface area contributed by atoms with Crippen LogP contribution in [0.4, 0.5) is 4.39 Å². The number of halogens is 1. The van der Waals surface area contributed by atoms with Gasteiger partial charge in [-0.25, -0.2) is 4.39 Å². The number of hydrogen-bond acceptors (Lipinski definition) is 4. The average Bonchev–Trinajstić information content (AvgIpc) is 2.75. The van der Waals surface area contributed by atoms with Crippen molar-refractivity contribution in [3.05, 3.63) is 54.0 Å². The summed E-state index contributed by atoms with van der Waals surface area (Å²) in [6.45, 7) is 4.96. The molecule has 2 aliphatic heterocycles. The second-order valence-electron chi connectivity index (χ2n) is 7.49. The molecule has 1 atom stereocenters. The van der Waals surface area contributed by atoms with Gasteiger partial charge >= 0.3 is 0 Å². The molecule has 2 fully saturated rings. The second kappa shape index (κ2) is 8.80. The summed E-state index contributed by atoms with van der Waals surface area (Å²) < 4.78 is 19.5. The van der Waals surface area contributed by atoms with Crippen molar-refractivity contribution in [3.63, 3.8) is 0 Å². The third-order valence-corrected chi connectivity index (χ3v) is 5.58. The van der Waals surface area contributed by atoms with Crippen LogP contribution in [0.3, 0.4) is 0 Å². The fourth-order valence-electron chi connectivity index (χ4n) is 3.99. The van der Waals surface area contributed by atoms with Gasteiger partial charge in [0.15, 0.2) is 0 Å². The van der Waals surface area contributed by atoms with Gasteiger partial charge in [0.1, 0.15) is 5.82 Å². The predicted octanol–water partition coefficient (Wildman–Crippen LogP) is 2.93. The second-order valence-corrected chi connectivity index (χ2v) is 7.49. The fourth-order valence-corrected chi connectivity index (χ4v) is 3.99. The summed E-state index contributed by atoms with van der Waals surface area (Å²) in [5.74, 6) is 0.101. The maximum Gasteiger partial charge on any atom is 0.236 e. The first-order valence-corrected chi connectivity index (χ1v) is 10.0. The van der Waals surface area contributed by atoms with Gasteiger partial charge in [0.2, 0.25) is 5.91 Å². The Hall–Kier alpha value is -2.31. The lowest BCUT2D eigenvalue weighted by molar-refractivity contribution is -0.134. The van der Waals surface area contributed by atoms with E-state index in [-0.39, 0.29) is 17.6 Å². The summed E-state index contributed by atoms with van der Waals surface area (Å²) in [6, 6.07) is 12.5. The Balaban J connectivity index is 1.45. The fraction of sp³-hybridized carbons (Fsp3) is 0.455. The molecular formula is C22H26FN3O2. The Labute approximate surface area is 165 Å². The number of pyridine rings is 1. The maximum absolute atomic E-state index is 14.1. The van der Waals surface area contributed by atoms with E-state index in [1.165, 1.54) is 6.07 Å². The molecule has 1 aromatic heterocycles. The molecule has 5 nitrogen and oxygen atoms in total. The first-order chi connectivity index (χ1) is 13.7. The zero-order chi connectivity index (χ0) is 19.3. The topological polar surface area (TPSA) is 45.7 Å². The van der Waals surface area contributed by atoms with Crippen LogP contribution in [0.25, 0.3) is 11.3 Å². The largest absolute Gasteiger partial charge is 0.379 e. The van der Waals surface area contributed by atoms with Crippen LogP contribution in [0.15, 0.2) is 42.5 Å². The minimum atomic E-state index is -0.266. The van der Waals surface area contributed by atoms with Gasteiger partial charge in [0.05, 0.1) is 25.5 Å². The van der Waals surface area contributed by atoms with Crippen molar-refractivity contribution in [2.75, 3.05) is 45.9 Å². The minimum Gasteiger partial charge on any atom is -0.379 e. The number of ether oxygens (including phenoxy) is 1. The van der Waals surface area contributed by atoms with Crippen LogP contribution in [0, 0.1) is 5.82 Å². The predicted molar refractivity (Wildman–Crippen MR) is 105 cm³/mol. The highest BCUT2D eigenvalue weighted by Gasteiger charge is 2.27. The van der Waals surface area contributed by atoms with Crippen LogP contribution in [0.2, 0.25) is 0 Å². The Morgan fingerprint density at radius 3 is 2.75 bits per heavy atom. The van der Waals surface area contributed by atoms with E-state index in [2.05, 4.69) is 4.90 Å². The number of rotatable bonds is 4. The van der Waals surface area contributed by atoms with Crippen molar-refractivity contribution in [2.24, 2.45) is 0 Å². The number of likely N-dealkylation sites (tertiary alicyclic amines) is 1. The number of hydrogen-bond donors (Lipinski definition) is 0. The number of nitrogens with zero attached hydrogens (tertiary/aromatic N) is 3. The molecule has 3 heterocycles. The zero-order valence-electron chi connectivity index (χ0n) is 16.0. The molecule has 1 amide bonds. The Morgan fingerprint density at radius 2 is 1.93 bits per heavy atom. The maximum atomic E-state index is 14.1. The van der Waals surface area contributed by atoms with E-state index in [1.807, 2.05) is 29.2 Å². The van der Waals surface area contributed by atoms with Gasteiger partial charge < -0.3 is 9.64 Å². The average molecular weight is 383 g/mol. The molecule has 1 aromatic carbocycles. The molecule has 2 saturated heterocycles. The van der Waals surface area contributed by atoms with E-state index < -0.39 is 0 Å². The van der Waals surface area contributed by atoms with Gasteiger partial charge in [-0.05, 0) is 37.1 Å². The molecule has 2 aliphatic rings. The molecule has 28 heavy (non-hydrogen) atoms. The van der Waals surface area contributed by atoms with Gasteiger partial charge in [-0.1, -0.05) is 18.2 Å². The van der Waals surface area contributed by atoms with E-state index in [4.69, 9.17) is 9.72 Å². The lowest BCUT2D eigenvalue weighted by Gasteiger charge is -2.35. The summed E-state index contributed by atoms with van der Waals surface area (Å²) in [7, 11) is 0.